The summed E-state index contributed by atoms with van der Waals surface area (Å²) in [5, 5.41) is 177. The van der Waals surface area contributed by atoms with Crippen molar-refractivity contribution in [1.82, 2.24) is 0 Å². The third kappa shape index (κ3) is 12.2. The van der Waals surface area contributed by atoms with Crippen molar-refractivity contribution in [1.29, 1.82) is 0 Å². The van der Waals surface area contributed by atoms with Crippen molar-refractivity contribution in [2.45, 2.75) is 292 Å². The fraction of sp³-hybridized carbons (Fsp3) is 0.952. The molecule has 35 unspecified atom stereocenters. The van der Waals surface area contributed by atoms with Gasteiger partial charge < -0.3 is 139 Å². The second-order valence-electron chi connectivity index (χ2n) is 30.5. The van der Waals surface area contributed by atoms with Gasteiger partial charge in [0.05, 0.1) is 50.7 Å². The number of carbonyl (C=O) groups is 1. The normalized spacial score (nSPS) is 54.4. The van der Waals surface area contributed by atoms with Crippen LogP contribution in [0.5, 0.6) is 0 Å². The molecule has 6 saturated heterocycles. The Morgan fingerprint density at radius 3 is 1.68 bits per heavy atom. The highest BCUT2D eigenvalue weighted by Crippen LogP contribution is 2.76. The van der Waals surface area contributed by atoms with Gasteiger partial charge in [-0.2, -0.15) is 0 Å². The van der Waals surface area contributed by atoms with E-state index in [2.05, 4.69) is 54.5 Å². The molecule has 6 heterocycles. The van der Waals surface area contributed by atoms with Crippen molar-refractivity contribution in [2.75, 3.05) is 33.0 Å². The summed E-state index contributed by atoms with van der Waals surface area (Å²) >= 11 is 0. The minimum absolute atomic E-state index is 0.00439. The number of carboxylic acid groups (broad SMARTS) is 1. The van der Waals surface area contributed by atoms with E-state index in [1.807, 2.05) is 0 Å². The number of rotatable bonds is 15. The number of aliphatic carboxylic acids is 1. The molecule has 0 radical (unpaired) electrons. The van der Waals surface area contributed by atoms with Crippen LogP contribution in [0.3, 0.4) is 0 Å². The molecular formula is C63H102O29. The van der Waals surface area contributed by atoms with Crippen LogP contribution in [0.4, 0.5) is 0 Å². The maximum Gasteiger partial charge on any atom is 0.310 e. The smallest absolute Gasteiger partial charge is 0.310 e. The molecule has 16 N–H and O–H groups in total. The highest BCUT2D eigenvalue weighted by molar-refractivity contribution is 5.76. The predicted molar refractivity (Wildman–Crippen MR) is 309 cm³/mol. The van der Waals surface area contributed by atoms with Crippen LogP contribution >= 0.6 is 0 Å². The Kier molecular flexibility index (Phi) is 20.7. The molecule has 35 atom stereocenters. The molecule has 0 bridgehead atoms. The summed E-state index contributed by atoms with van der Waals surface area (Å²) in [6.07, 6.45) is -38.7. The second-order valence-corrected chi connectivity index (χ2v) is 30.5. The van der Waals surface area contributed by atoms with Crippen LogP contribution < -0.4 is 0 Å². The molecule has 92 heavy (non-hydrogen) atoms. The van der Waals surface area contributed by atoms with Crippen LogP contribution in [0, 0.1) is 50.2 Å². The van der Waals surface area contributed by atoms with Crippen molar-refractivity contribution < 1.29 is 143 Å². The van der Waals surface area contributed by atoms with Gasteiger partial charge in [-0.1, -0.05) is 60.1 Å². The number of hydrogen-bond donors (Lipinski definition) is 16. The first-order valence-electron chi connectivity index (χ1n) is 32.9. The lowest BCUT2D eigenvalue weighted by molar-refractivity contribution is -0.406. The van der Waals surface area contributed by atoms with Crippen LogP contribution in [0.1, 0.15) is 120 Å². The number of carboxylic acids is 1. The molecule has 10 fully saturated rings. The van der Waals surface area contributed by atoms with E-state index in [4.69, 9.17) is 56.8 Å². The molecule has 0 amide bonds. The van der Waals surface area contributed by atoms with E-state index in [1.54, 1.807) is 0 Å². The number of fused-ring (bicyclic) bond motifs is 7. The van der Waals surface area contributed by atoms with Crippen molar-refractivity contribution in [3.05, 3.63) is 11.6 Å². The minimum atomic E-state index is -2.15. The van der Waals surface area contributed by atoms with Crippen molar-refractivity contribution in [3.8, 4) is 0 Å². The van der Waals surface area contributed by atoms with Gasteiger partial charge in [-0.3, -0.25) is 4.79 Å². The molecule has 11 aliphatic rings. The number of ether oxygens (including phenoxy) is 12. The lowest BCUT2D eigenvalue weighted by Crippen LogP contribution is -2.68. The molecule has 528 valence electrons. The van der Waals surface area contributed by atoms with E-state index in [1.165, 1.54) is 12.5 Å². The summed E-state index contributed by atoms with van der Waals surface area (Å²) in [5.74, 6) is -0.532. The number of aliphatic hydroxyl groups is 15. The van der Waals surface area contributed by atoms with E-state index in [-0.39, 0.29) is 39.4 Å². The van der Waals surface area contributed by atoms with Crippen molar-refractivity contribution >= 4 is 5.97 Å². The summed E-state index contributed by atoms with van der Waals surface area (Å²) in [6, 6.07) is 0. The van der Waals surface area contributed by atoms with Gasteiger partial charge in [-0.05, 0) is 116 Å². The van der Waals surface area contributed by atoms with E-state index < -0.39 is 222 Å². The third-order valence-corrected chi connectivity index (χ3v) is 24.5. The summed E-state index contributed by atoms with van der Waals surface area (Å²) < 4.78 is 73.8. The molecule has 0 aromatic heterocycles. The first kappa shape index (κ1) is 71.4. The fourth-order valence-electron chi connectivity index (χ4n) is 18.7. The Morgan fingerprint density at radius 1 is 0.500 bits per heavy atom. The van der Waals surface area contributed by atoms with E-state index in [0.29, 0.717) is 25.7 Å². The molecule has 0 spiro atoms. The van der Waals surface area contributed by atoms with Crippen LogP contribution in [-0.4, -0.2) is 293 Å². The third-order valence-electron chi connectivity index (χ3n) is 24.5. The summed E-state index contributed by atoms with van der Waals surface area (Å²) in [4.78, 5) is 13.4. The summed E-state index contributed by atoms with van der Waals surface area (Å²) in [5.41, 5.74) is -0.834. The average molecular weight is 1320 g/mol. The molecule has 0 aromatic rings. The highest BCUT2D eigenvalue weighted by Gasteiger charge is 2.70. The van der Waals surface area contributed by atoms with Gasteiger partial charge in [-0.15, -0.1) is 0 Å². The second kappa shape index (κ2) is 26.7. The standard InChI is InChI=1S/C63H102O29/c1-25-36(68)40(72)44(76)54(84-25)92-49-41(73)39(71)30(20-64)85-56(49)90-48-32(87-51-42(74)37(69)28(66)22-81-51)24-83-53(46(48)78)91-50-45(77)47(89-52-43(75)38(70)29(67)23-82-52)31(21-65)86-55(50)88-35-12-13-60(6)33(59(35,4)5)11-14-62(8)34(60)10-9-26-27-19-58(2,3)15-17-63(27,57(79)80)18-16-61(26,62)7/h9,25,27-56,64-78H,10-24H2,1-8H3,(H,79,80). The van der Waals surface area contributed by atoms with Gasteiger partial charge in [0.25, 0.3) is 0 Å². The first-order chi connectivity index (χ1) is 43.2. The molecular weight excluding hydrogens is 1220 g/mol. The maximum atomic E-state index is 13.4. The van der Waals surface area contributed by atoms with Gasteiger partial charge in [-0.25, -0.2) is 0 Å². The predicted octanol–water partition coefficient (Wildman–Crippen LogP) is -2.88. The lowest BCUT2D eigenvalue weighted by atomic mass is 9.33. The average Bonchev–Trinajstić information content (AvgIpc) is 0.677. The zero-order valence-corrected chi connectivity index (χ0v) is 53.5. The van der Waals surface area contributed by atoms with Crippen molar-refractivity contribution in [2.24, 2.45) is 50.2 Å². The monoisotopic (exact) mass is 1320 g/mol. The maximum absolute atomic E-state index is 13.4. The highest BCUT2D eigenvalue weighted by atomic mass is 16.8. The SMILES string of the molecule is CC1OC(OC2C(OC3C(OC4OCC(O)C(O)C4O)COC(OC4C(OC5CCC6(C)C(CCC7(C)C6CC=C6C8CC(C)(C)CCC8(C(=O)O)CCC67C)C5(C)C)OC(CO)C(OC5OCC(O)C(O)C5O)C4O)C3O)OC(CO)C(O)C2O)C(O)C(O)C1O. The van der Waals surface area contributed by atoms with Gasteiger partial charge >= 0.3 is 5.97 Å². The molecule has 29 nitrogen and oxygen atoms in total. The van der Waals surface area contributed by atoms with Crippen LogP contribution in [0.15, 0.2) is 11.6 Å². The lowest BCUT2D eigenvalue weighted by Gasteiger charge is -2.71. The fourth-order valence-corrected chi connectivity index (χ4v) is 18.7. The molecule has 0 aromatic carbocycles. The summed E-state index contributed by atoms with van der Waals surface area (Å²) in [7, 11) is 0. The van der Waals surface area contributed by atoms with Crippen LogP contribution in [0.25, 0.3) is 0 Å². The van der Waals surface area contributed by atoms with E-state index in [0.717, 1.165) is 38.5 Å². The minimum Gasteiger partial charge on any atom is -0.481 e. The molecule has 5 aliphatic carbocycles. The molecule has 11 rings (SSSR count). The van der Waals surface area contributed by atoms with Gasteiger partial charge in [0, 0.05) is 0 Å². The molecule has 6 aliphatic heterocycles. The van der Waals surface area contributed by atoms with E-state index >= 15 is 0 Å². The van der Waals surface area contributed by atoms with Gasteiger partial charge in [0.1, 0.15) is 122 Å². The zero-order chi connectivity index (χ0) is 66.9. The Bertz CT molecular complexity index is 2580. The Labute approximate surface area is 534 Å². The Morgan fingerprint density at radius 2 is 1.04 bits per heavy atom. The van der Waals surface area contributed by atoms with Gasteiger partial charge in [0.2, 0.25) is 0 Å². The molecule has 29 heteroatoms. The largest absolute Gasteiger partial charge is 0.481 e. The number of allylic oxidation sites excluding steroid dienone is 2. The van der Waals surface area contributed by atoms with Gasteiger partial charge in [0.15, 0.2) is 37.7 Å². The van der Waals surface area contributed by atoms with E-state index in [9.17, 15) is 86.5 Å². The number of aliphatic hydroxyl groups excluding tert-OH is 15. The Hall–Kier alpha value is -1.87. The molecule has 4 saturated carbocycles. The van der Waals surface area contributed by atoms with Crippen LogP contribution in [0.2, 0.25) is 0 Å². The summed E-state index contributed by atoms with van der Waals surface area (Å²) in [6.45, 7) is 13.9. The number of hydrogen-bond acceptors (Lipinski definition) is 28. The van der Waals surface area contributed by atoms with Crippen molar-refractivity contribution in [3.63, 3.8) is 0 Å². The zero-order valence-electron chi connectivity index (χ0n) is 53.5. The van der Waals surface area contributed by atoms with Crippen LogP contribution in [-0.2, 0) is 61.6 Å². The topological polar surface area (TPSA) is 452 Å². The quantitative estimate of drug-likeness (QED) is 0.0579. The Balaban J connectivity index is 0.896. The first-order valence-corrected chi connectivity index (χ1v) is 32.9.